The number of nitrogens with zero attached hydrogens (tertiary/aromatic N) is 5. The summed E-state index contributed by atoms with van der Waals surface area (Å²) >= 11 is 0. The lowest BCUT2D eigenvalue weighted by atomic mass is 9.98. The summed E-state index contributed by atoms with van der Waals surface area (Å²) in [5, 5.41) is 13.9. The van der Waals surface area contributed by atoms with E-state index in [1.807, 2.05) is 34.0 Å². The van der Waals surface area contributed by atoms with E-state index in [1.165, 1.54) is 6.42 Å². The molecule has 7 nitrogen and oxygen atoms in total. The van der Waals surface area contributed by atoms with Gasteiger partial charge in [-0.15, -0.1) is 0 Å². The second-order valence-corrected chi connectivity index (χ2v) is 7.83. The molecule has 0 spiro atoms. The zero-order valence-corrected chi connectivity index (χ0v) is 16.3. The van der Waals surface area contributed by atoms with Crippen molar-refractivity contribution in [3.63, 3.8) is 0 Å². The number of likely N-dealkylation sites (tertiary alicyclic amines) is 1. The summed E-state index contributed by atoms with van der Waals surface area (Å²) in [4.78, 5) is 21.9. The summed E-state index contributed by atoms with van der Waals surface area (Å²) in [6, 6.07) is 6.02. The number of rotatable bonds is 5. The Labute approximate surface area is 166 Å². The van der Waals surface area contributed by atoms with Crippen LogP contribution in [0.4, 0.5) is 5.82 Å². The number of pyridine rings is 1. The van der Waals surface area contributed by atoms with Crippen LogP contribution in [0.3, 0.4) is 0 Å². The molecule has 4 rings (SSSR count). The van der Waals surface area contributed by atoms with E-state index in [1.54, 1.807) is 12.4 Å². The number of carbonyl (C=O) groups is 1. The highest BCUT2D eigenvalue weighted by Gasteiger charge is 2.28. The fourth-order valence-electron chi connectivity index (χ4n) is 4.24. The monoisotopic (exact) mass is 383 g/mol. The maximum Gasteiger partial charge on any atom is 0.255 e. The van der Waals surface area contributed by atoms with Crippen molar-refractivity contribution < 1.29 is 9.90 Å². The first-order chi connectivity index (χ1) is 13.7. The number of carbonyl (C=O) groups excluding carboxylic acids is 1. The molecular formula is C21H29N5O2. The van der Waals surface area contributed by atoms with Gasteiger partial charge in [-0.3, -0.25) is 9.48 Å². The molecule has 2 aromatic rings. The van der Waals surface area contributed by atoms with E-state index in [-0.39, 0.29) is 18.1 Å². The van der Waals surface area contributed by atoms with Crippen LogP contribution < -0.4 is 4.90 Å². The third kappa shape index (κ3) is 4.35. The first kappa shape index (κ1) is 18.9. The lowest BCUT2D eigenvalue weighted by molar-refractivity contribution is 0.0593. The molecule has 1 atom stereocenters. The molecule has 1 amide bonds. The minimum Gasteiger partial charge on any atom is -0.393 e. The molecule has 0 aliphatic carbocycles. The van der Waals surface area contributed by atoms with Gasteiger partial charge in [0, 0.05) is 50.8 Å². The second kappa shape index (κ2) is 8.73. The molecule has 7 heteroatoms. The number of aliphatic hydroxyl groups is 1. The maximum atomic E-state index is 13.1. The number of amides is 1. The van der Waals surface area contributed by atoms with E-state index in [4.69, 9.17) is 0 Å². The fraction of sp³-hybridized carbons (Fsp3) is 0.571. The van der Waals surface area contributed by atoms with E-state index < -0.39 is 0 Å². The SMILES string of the molecule is O=C(c1ccc(N2CCC(O)CC2)nc1)N1CCCC[C@H]1CCn1cccn1. The molecule has 0 bridgehead atoms. The van der Waals surface area contributed by atoms with Crippen LogP contribution in [0.15, 0.2) is 36.8 Å². The zero-order valence-electron chi connectivity index (χ0n) is 16.3. The minimum atomic E-state index is -0.199. The first-order valence-corrected chi connectivity index (χ1v) is 10.4. The molecule has 0 saturated carbocycles. The van der Waals surface area contributed by atoms with Gasteiger partial charge in [0.25, 0.3) is 5.91 Å². The number of hydrogen-bond acceptors (Lipinski definition) is 5. The smallest absolute Gasteiger partial charge is 0.255 e. The molecule has 28 heavy (non-hydrogen) atoms. The Morgan fingerprint density at radius 1 is 1.14 bits per heavy atom. The normalized spacial score (nSPS) is 21.1. The second-order valence-electron chi connectivity index (χ2n) is 7.83. The quantitative estimate of drug-likeness (QED) is 0.858. The van der Waals surface area contributed by atoms with Gasteiger partial charge in [0.2, 0.25) is 0 Å². The third-order valence-corrected chi connectivity index (χ3v) is 5.92. The average molecular weight is 383 g/mol. The standard InChI is InChI=1S/C21H29N5O2/c27-19-8-13-24(14-9-19)20-6-5-17(16-22-20)21(28)26-12-2-1-4-18(26)7-15-25-11-3-10-23-25/h3,5-6,10-11,16,18-19,27H,1-2,4,7-9,12-15H2/t18-/m0/s1. The number of piperidine rings is 2. The predicted octanol–water partition coefficient (Wildman–Crippen LogP) is 2.32. The molecule has 1 N–H and O–H groups in total. The van der Waals surface area contributed by atoms with Gasteiger partial charge in [0.05, 0.1) is 11.7 Å². The van der Waals surface area contributed by atoms with Gasteiger partial charge in [-0.25, -0.2) is 4.98 Å². The average Bonchev–Trinajstić information content (AvgIpc) is 3.26. The van der Waals surface area contributed by atoms with Crippen molar-refractivity contribution >= 4 is 11.7 Å². The van der Waals surface area contributed by atoms with Crippen LogP contribution in [0.25, 0.3) is 0 Å². The van der Waals surface area contributed by atoms with Crippen LogP contribution in [0.5, 0.6) is 0 Å². The van der Waals surface area contributed by atoms with Gasteiger partial charge in [-0.2, -0.15) is 5.10 Å². The molecule has 2 fully saturated rings. The molecule has 4 heterocycles. The van der Waals surface area contributed by atoms with Gasteiger partial charge in [-0.1, -0.05) is 0 Å². The molecule has 0 radical (unpaired) electrons. The Balaban J connectivity index is 1.40. The number of aromatic nitrogens is 3. The van der Waals surface area contributed by atoms with Crippen LogP contribution >= 0.6 is 0 Å². The molecule has 0 aromatic carbocycles. The fourth-order valence-corrected chi connectivity index (χ4v) is 4.24. The highest BCUT2D eigenvalue weighted by molar-refractivity contribution is 5.94. The first-order valence-electron chi connectivity index (χ1n) is 10.4. The zero-order chi connectivity index (χ0) is 19.3. The molecule has 150 valence electrons. The van der Waals surface area contributed by atoms with Gasteiger partial charge in [0.1, 0.15) is 5.82 Å². The summed E-state index contributed by atoms with van der Waals surface area (Å²) in [7, 11) is 0. The lowest BCUT2D eigenvalue weighted by Crippen LogP contribution is -2.44. The van der Waals surface area contributed by atoms with E-state index in [0.29, 0.717) is 5.56 Å². The Bertz CT molecular complexity index is 754. The molecule has 2 aliphatic heterocycles. The molecular weight excluding hydrogens is 354 g/mol. The predicted molar refractivity (Wildman–Crippen MR) is 107 cm³/mol. The summed E-state index contributed by atoms with van der Waals surface area (Å²) in [5.41, 5.74) is 0.659. The molecule has 2 saturated heterocycles. The van der Waals surface area contributed by atoms with Crippen LogP contribution in [0.1, 0.15) is 48.9 Å². The van der Waals surface area contributed by atoms with Crippen molar-refractivity contribution in [1.29, 1.82) is 0 Å². The van der Waals surface area contributed by atoms with Crippen molar-refractivity contribution in [2.24, 2.45) is 0 Å². The van der Waals surface area contributed by atoms with Crippen molar-refractivity contribution in [2.75, 3.05) is 24.5 Å². The topological polar surface area (TPSA) is 74.5 Å². The summed E-state index contributed by atoms with van der Waals surface area (Å²) in [6.45, 7) is 3.26. The lowest BCUT2D eigenvalue weighted by Gasteiger charge is -2.36. The van der Waals surface area contributed by atoms with E-state index in [9.17, 15) is 9.90 Å². The van der Waals surface area contributed by atoms with Gasteiger partial charge in [0.15, 0.2) is 0 Å². The summed E-state index contributed by atoms with van der Waals surface area (Å²) in [5.74, 6) is 0.968. The van der Waals surface area contributed by atoms with E-state index in [0.717, 1.165) is 64.1 Å². The van der Waals surface area contributed by atoms with Crippen LogP contribution in [-0.2, 0) is 6.54 Å². The van der Waals surface area contributed by atoms with Crippen LogP contribution in [-0.4, -0.2) is 62.5 Å². The number of anilines is 1. The number of hydrogen-bond donors (Lipinski definition) is 1. The third-order valence-electron chi connectivity index (χ3n) is 5.92. The Morgan fingerprint density at radius 2 is 2.00 bits per heavy atom. The van der Waals surface area contributed by atoms with Gasteiger partial charge in [-0.05, 0) is 56.7 Å². The Kier molecular flexibility index (Phi) is 5.90. The van der Waals surface area contributed by atoms with Crippen molar-refractivity contribution in [2.45, 2.75) is 57.2 Å². The van der Waals surface area contributed by atoms with Gasteiger partial charge >= 0.3 is 0 Å². The number of aliphatic hydroxyl groups excluding tert-OH is 1. The Hall–Kier alpha value is -2.41. The molecule has 2 aromatic heterocycles. The maximum absolute atomic E-state index is 13.1. The highest BCUT2D eigenvalue weighted by Crippen LogP contribution is 2.24. The number of aryl methyl sites for hydroxylation is 1. The largest absolute Gasteiger partial charge is 0.393 e. The van der Waals surface area contributed by atoms with Crippen molar-refractivity contribution in [3.8, 4) is 0 Å². The molecule has 0 unspecified atom stereocenters. The van der Waals surface area contributed by atoms with Crippen LogP contribution in [0, 0.1) is 0 Å². The van der Waals surface area contributed by atoms with Crippen molar-refractivity contribution in [1.82, 2.24) is 19.7 Å². The minimum absolute atomic E-state index is 0.0817. The summed E-state index contributed by atoms with van der Waals surface area (Å²) < 4.78 is 1.93. The molecule has 2 aliphatic rings. The van der Waals surface area contributed by atoms with E-state index >= 15 is 0 Å². The van der Waals surface area contributed by atoms with E-state index in [2.05, 4.69) is 15.0 Å². The van der Waals surface area contributed by atoms with Gasteiger partial charge < -0.3 is 14.9 Å². The summed E-state index contributed by atoms with van der Waals surface area (Å²) in [6.07, 6.45) is 11.0. The highest BCUT2D eigenvalue weighted by atomic mass is 16.3. The van der Waals surface area contributed by atoms with Crippen LogP contribution in [0.2, 0.25) is 0 Å². The van der Waals surface area contributed by atoms with Crippen molar-refractivity contribution in [3.05, 3.63) is 42.4 Å². The Morgan fingerprint density at radius 3 is 2.71 bits per heavy atom.